The van der Waals surface area contributed by atoms with E-state index in [2.05, 4.69) is 4.99 Å². The van der Waals surface area contributed by atoms with E-state index < -0.39 is 6.03 Å². The lowest BCUT2D eigenvalue weighted by Gasteiger charge is -2.20. The zero-order valence-corrected chi connectivity index (χ0v) is 18.7. The van der Waals surface area contributed by atoms with Crippen LogP contribution < -0.4 is 0 Å². The van der Waals surface area contributed by atoms with E-state index in [1.807, 2.05) is 98.8 Å². The highest BCUT2D eigenvalue weighted by Crippen LogP contribution is 2.20. The zero-order valence-electron chi connectivity index (χ0n) is 18.7. The van der Waals surface area contributed by atoms with Crippen LogP contribution in [-0.2, 0) is 22.5 Å². The summed E-state index contributed by atoms with van der Waals surface area (Å²) in [5.41, 5.74) is 3.64. The van der Waals surface area contributed by atoms with E-state index >= 15 is 0 Å². The number of imide groups is 1. The van der Waals surface area contributed by atoms with E-state index in [1.165, 1.54) is 6.92 Å². The molecule has 0 spiro atoms. The molecule has 3 amide bonds. The normalized spacial score (nSPS) is 12.2. The van der Waals surface area contributed by atoms with Gasteiger partial charge < -0.3 is 4.74 Å². The maximum absolute atomic E-state index is 13.1. The predicted molar refractivity (Wildman–Crippen MR) is 126 cm³/mol. The molecule has 3 aromatic rings. The van der Waals surface area contributed by atoms with Crippen molar-refractivity contribution >= 4 is 17.8 Å². The van der Waals surface area contributed by atoms with Crippen molar-refractivity contribution in [3.05, 3.63) is 107 Å². The summed E-state index contributed by atoms with van der Waals surface area (Å²) < 4.78 is 6.11. The summed E-state index contributed by atoms with van der Waals surface area (Å²) in [6.45, 7) is 5.48. The van der Waals surface area contributed by atoms with Gasteiger partial charge >= 0.3 is 6.03 Å². The third kappa shape index (κ3) is 5.91. The lowest BCUT2D eigenvalue weighted by atomic mass is 10.1. The molecule has 5 heteroatoms. The molecule has 1 atom stereocenters. The number of carbonyl (C=O) groups is 2. The molecule has 0 heterocycles. The Kier molecular flexibility index (Phi) is 7.92. The number of carbonyl (C=O) groups excluding carboxylic acids is 2. The number of benzene rings is 3. The minimum Gasteiger partial charge on any atom is -0.469 e. The highest BCUT2D eigenvalue weighted by Gasteiger charge is 2.22. The lowest BCUT2D eigenvalue weighted by Crippen LogP contribution is -2.33. The van der Waals surface area contributed by atoms with E-state index in [0.29, 0.717) is 5.56 Å². The summed E-state index contributed by atoms with van der Waals surface area (Å²) in [7, 11) is 0. The molecule has 0 N–H and O–H groups in total. The maximum Gasteiger partial charge on any atom is 0.353 e. The molecule has 32 heavy (non-hydrogen) atoms. The van der Waals surface area contributed by atoms with E-state index in [1.54, 1.807) is 0 Å². The third-order valence-corrected chi connectivity index (χ3v) is 5.21. The maximum atomic E-state index is 13.1. The molecule has 0 fully saturated rings. The Morgan fingerprint density at radius 3 is 2.03 bits per heavy atom. The first kappa shape index (κ1) is 22.9. The van der Waals surface area contributed by atoms with Gasteiger partial charge in [0.05, 0.1) is 6.54 Å². The van der Waals surface area contributed by atoms with E-state index in [4.69, 9.17) is 4.74 Å². The summed E-state index contributed by atoms with van der Waals surface area (Å²) in [6, 6.07) is 26.1. The molecule has 5 nitrogen and oxygen atoms in total. The molecule has 0 aromatic heterocycles. The highest BCUT2D eigenvalue weighted by atomic mass is 16.5. The Labute approximate surface area is 189 Å². The van der Waals surface area contributed by atoms with Gasteiger partial charge in [0, 0.05) is 12.5 Å². The van der Waals surface area contributed by atoms with Gasteiger partial charge in [-0.15, -0.1) is 0 Å². The Balaban J connectivity index is 1.91. The lowest BCUT2D eigenvalue weighted by molar-refractivity contribution is -0.126. The van der Waals surface area contributed by atoms with E-state index in [-0.39, 0.29) is 24.5 Å². The second-order valence-corrected chi connectivity index (χ2v) is 7.46. The van der Waals surface area contributed by atoms with Gasteiger partial charge in [0.15, 0.2) is 0 Å². The number of rotatable bonds is 6. The average Bonchev–Trinajstić information content (AvgIpc) is 2.83. The Morgan fingerprint density at radius 2 is 1.44 bits per heavy atom. The summed E-state index contributed by atoms with van der Waals surface area (Å²) in [5.74, 6) is -0.185. The topological polar surface area (TPSA) is 59.0 Å². The van der Waals surface area contributed by atoms with Crippen LogP contribution in [0.3, 0.4) is 0 Å². The third-order valence-electron chi connectivity index (χ3n) is 5.21. The fraction of sp³-hybridized carbons (Fsp3) is 0.222. The fourth-order valence-corrected chi connectivity index (χ4v) is 3.39. The fourth-order valence-electron chi connectivity index (χ4n) is 3.39. The van der Waals surface area contributed by atoms with Crippen molar-refractivity contribution in [3.63, 3.8) is 0 Å². The van der Waals surface area contributed by atoms with Crippen molar-refractivity contribution < 1.29 is 14.3 Å². The predicted octanol–water partition coefficient (Wildman–Crippen LogP) is 5.94. The number of aliphatic imine (C=N–C) groups is 1. The number of ether oxygens (including phenoxy) is 1. The van der Waals surface area contributed by atoms with E-state index in [0.717, 1.165) is 28.0 Å². The van der Waals surface area contributed by atoms with Crippen molar-refractivity contribution in [2.75, 3.05) is 0 Å². The molecular weight excluding hydrogens is 400 g/mol. The number of nitrogens with zero attached hydrogens (tertiary/aromatic N) is 2. The van der Waals surface area contributed by atoms with Crippen LogP contribution in [0.4, 0.5) is 4.79 Å². The molecule has 0 radical (unpaired) electrons. The molecule has 3 aromatic carbocycles. The van der Waals surface area contributed by atoms with Gasteiger partial charge in [-0.05, 0) is 42.2 Å². The summed E-state index contributed by atoms with van der Waals surface area (Å²) in [6.07, 6.45) is 0.487. The van der Waals surface area contributed by atoms with Gasteiger partial charge in [-0.25, -0.2) is 4.79 Å². The van der Waals surface area contributed by atoms with Crippen LogP contribution in [0.15, 0.2) is 89.9 Å². The summed E-state index contributed by atoms with van der Waals surface area (Å²) in [4.78, 5) is 30.9. The smallest absolute Gasteiger partial charge is 0.353 e. The van der Waals surface area contributed by atoms with Crippen LogP contribution >= 0.6 is 0 Å². The molecule has 0 aliphatic heterocycles. The number of amides is 3. The van der Waals surface area contributed by atoms with Gasteiger partial charge in [0.1, 0.15) is 6.10 Å². The van der Waals surface area contributed by atoms with Crippen LogP contribution in [0.2, 0.25) is 0 Å². The zero-order chi connectivity index (χ0) is 22.9. The van der Waals surface area contributed by atoms with Gasteiger partial charge in [-0.2, -0.15) is 4.99 Å². The summed E-state index contributed by atoms with van der Waals surface area (Å²) >= 11 is 0. The van der Waals surface area contributed by atoms with Crippen molar-refractivity contribution in [3.8, 4) is 0 Å². The van der Waals surface area contributed by atoms with Gasteiger partial charge in [0.2, 0.25) is 11.8 Å². The minimum absolute atomic E-state index is 0.165. The molecule has 0 bridgehead atoms. The van der Waals surface area contributed by atoms with Crippen LogP contribution in [0, 0.1) is 0 Å². The Hall–Kier alpha value is -3.73. The number of aryl methyl sites for hydroxylation is 1. The largest absolute Gasteiger partial charge is 0.469 e. The molecule has 0 unspecified atom stereocenters. The molecule has 0 aliphatic rings. The van der Waals surface area contributed by atoms with E-state index in [9.17, 15) is 9.59 Å². The first-order chi connectivity index (χ1) is 15.5. The molecule has 0 aliphatic carbocycles. The standard InChI is InChI=1S/C27H28N2O3/c1-4-22-13-11-12-18-25(22)19-29(21(3)30)27(31)28-26(24-16-9-6-10-17-24)32-20(2)23-14-7-5-8-15-23/h5-18,20H,4,19H2,1-3H3/b28-26-/t20-/m1/s1. The van der Waals surface area contributed by atoms with Crippen LogP contribution in [0.1, 0.15) is 49.1 Å². The van der Waals surface area contributed by atoms with Crippen LogP contribution in [0.5, 0.6) is 0 Å². The second kappa shape index (κ2) is 11.0. The SMILES string of the molecule is CCc1ccccc1CN(C(C)=O)C(=O)/N=C(\O[C@H](C)c1ccccc1)c1ccccc1. The molecule has 0 saturated carbocycles. The van der Waals surface area contributed by atoms with Crippen LogP contribution in [-0.4, -0.2) is 22.7 Å². The molecular formula is C27H28N2O3. The molecule has 3 rings (SSSR count). The minimum atomic E-state index is -0.650. The van der Waals surface area contributed by atoms with Gasteiger partial charge in [-0.1, -0.05) is 79.7 Å². The number of hydrogen-bond donors (Lipinski definition) is 0. The number of urea groups is 1. The van der Waals surface area contributed by atoms with Gasteiger partial charge in [-0.3, -0.25) is 9.69 Å². The molecule has 0 saturated heterocycles. The Morgan fingerprint density at radius 1 is 0.875 bits per heavy atom. The first-order valence-electron chi connectivity index (χ1n) is 10.7. The summed E-state index contributed by atoms with van der Waals surface area (Å²) in [5, 5.41) is 0. The van der Waals surface area contributed by atoms with Crippen molar-refractivity contribution in [2.45, 2.75) is 39.8 Å². The Bertz CT molecular complexity index is 1080. The monoisotopic (exact) mass is 428 g/mol. The average molecular weight is 429 g/mol. The quantitative estimate of drug-likeness (QED) is 0.360. The number of hydrogen-bond acceptors (Lipinski definition) is 3. The second-order valence-electron chi connectivity index (χ2n) is 7.46. The molecule has 164 valence electrons. The van der Waals surface area contributed by atoms with Crippen molar-refractivity contribution in [2.24, 2.45) is 4.99 Å². The van der Waals surface area contributed by atoms with Crippen molar-refractivity contribution in [1.29, 1.82) is 0 Å². The highest BCUT2D eigenvalue weighted by molar-refractivity contribution is 6.04. The van der Waals surface area contributed by atoms with Crippen molar-refractivity contribution in [1.82, 2.24) is 4.90 Å². The first-order valence-corrected chi connectivity index (χ1v) is 10.7. The van der Waals surface area contributed by atoms with Crippen LogP contribution in [0.25, 0.3) is 0 Å². The van der Waals surface area contributed by atoms with Gasteiger partial charge in [0.25, 0.3) is 0 Å².